The Kier molecular flexibility index (Phi) is 1.78. The minimum atomic E-state index is -0.288. The van der Waals surface area contributed by atoms with Crippen LogP contribution in [0.2, 0.25) is 0 Å². The van der Waals surface area contributed by atoms with E-state index in [2.05, 4.69) is 0 Å². The highest BCUT2D eigenvalue weighted by atomic mass is 16.6. The molecule has 0 aromatic rings. The zero-order valence-electron chi connectivity index (χ0n) is 8.60. The summed E-state index contributed by atoms with van der Waals surface area (Å²) >= 11 is 0. The fourth-order valence-electron chi connectivity index (χ4n) is 2.22. The van der Waals surface area contributed by atoms with Crippen molar-refractivity contribution in [2.24, 2.45) is 0 Å². The number of hydrogen-bond acceptors (Lipinski definition) is 4. The summed E-state index contributed by atoms with van der Waals surface area (Å²) in [4.78, 5) is 11.9. The maximum absolute atomic E-state index is 11.9. The predicted molar refractivity (Wildman–Crippen MR) is 51.2 cm³/mol. The molecule has 0 N–H and O–H groups in total. The van der Waals surface area contributed by atoms with Gasteiger partial charge in [-0.3, -0.25) is 4.79 Å². The third-order valence-electron chi connectivity index (χ3n) is 3.03. The first kappa shape index (κ1) is 9.12. The summed E-state index contributed by atoms with van der Waals surface area (Å²) in [5, 5.41) is 0. The maximum Gasteiger partial charge on any atom is 0.194 e. The molecule has 0 amide bonds. The fraction of sp³-hybridized carbons (Fsp3) is 0.545. The number of ketones is 1. The number of methoxy groups -OCH3 is 1. The van der Waals surface area contributed by atoms with Gasteiger partial charge in [0.15, 0.2) is 5.78 Å². The Morgan fingerprint density at radius 2 is 2.27 bits per heavy atom. The van der Waals surface area contributed by atoms with E-state index in [1.54, 1.807) is 13.4 Å². The summed E-state index contributed by atoms with van der Waals surface area (Å²) in [6, 6.07) is 0. The second kappa shape index (κ2) is 2.93. The van der Waals surface area contributed by atoms with Crippen molar-refractivity contribution in [2.75, 3.05) is 7.11 Å². The van der Waals surface area contributed by atoms with Gasteiger partial charge in [0.05, 0.1) is 6.26 Å². The van der Waals surface area contributed by atoms with Crippen LogP contribution in [0.4, 0.5) is 0 Å². The molecule has 1 saturated heterocycles. The van der Waals surface area contributed by atoms with Crippen molar-refractivity contribution >= 4 is 5.78 Å². The summed E-state index contributed by atoms with van der Waals surface area (Å²) < 4.78 is 16.0. The Morgan fingerprint density at radius 1 is 1.47 bits per heavy atom. The normalized spacial score (nSPS) is 42.1. The van der Waals surface area contributed by atoms with Crippen molar-refractivity contribution in [3.63, 3.8) is 0 Å². The van der Waals surface area contributed by atoms with E-state index in [9.17, 15) is 4.79 Å². The van der Waals surface area contributed by atoms with Gasteiger partial charge in [0.25, 0.3) is 0 Å². The lowest BCUT2D eigenvalue weighted by Gasteiger charge is -2.26. The zero-order chi connectivity index (χ0) is 10.6. The molecule has 4 nitrogen and oxygen atoms in total. The fourth-order valence-corrected chi connectivity index (χ4v) is 2.22. The van der Waals surface area contributed by atoms with E-state index in [0.717, 1.165) is 5.57 Å². The number of ether oxygens (including phenoxy) is 3. The molecule has 4 heteroatoms. The maximum atomic E-state index is 11.9. The molecule has 3 rings (SSSR count). The van der Waals surface area contributed by atoms with E-state index < -0.39 is 0 Å². The minimum Gasteiger partial charge on any atom is -0.494 e. The molecule has 3 aliphatic rings. The minimum absolute atomic E-state index is 0.0551. The molecule has 80 valence electrons. The van der Waals surface area contributed by atoms with E-state index in [1.807, 2.05) is 13.0 Å². The van der Waals surface area contributed by atoms with Crippen LogP contribution in [0, 0.1) is 0 Å². The summed E-state index contributed by atoms with van der Waals surface area (Å²) in [5.41, 5.74) is 1.53. The molecule has 2 fully saturated rings. The average molecular weight is 208 g/mol. The third kappa shape index (κ3) is 1.18. The van der Waals surface area contributed by atoms with Crippen LogP contribution in [0.1, 0.15) is 6.92 Å². The number of hydrogen-bond donors (Lipinski definition) is 0. The van der Waals surface area contributed by atoms with E-state index in [0.29, 0.717) is 5.57 Å². The quantitative estimate of drug-likeness (QED) is 0.591. The molecular formula is C11H12O4. The number of carbonyl (C=O) groups excluding carboxylic acids is 1. The lowest BCUT2D eigenvalue weighted by Crippen LogP contribution is -2.36. The predicted octanol–water partition coefficient (Wildman–Crippen LogP) is 0.581. The molecular weight excluding hydrogens is 196 g/mol. The summed E-state index contributed by atoms with van der Waals surface area (Å²) in [5.74, 6) is 0.0645. The molecule has 1 saturated carbocycles. The Morgan fingerprint density at radius 3 is 3.00 bits per heavy atom. The molecule has 0 aromatic carbocycles. The van der Waals surface area contributed by atoms with Gasteiger partial charge in [0.2, 0.25) is 0 Å². The number of epoxide rings is 1. The molecule has 0 aromatic heterocycles. The van der Waals surface area contributed by atoms with Crippen molar-refractivity contribution in [3.8, 4) is 0 Å². The highest BCUT2D eigenvalue weighted by Crippen LogP contribution is 2.42. The molecule has 4 atom stereocenters. The SMILES string of the molecule is CO[C@H]1C2=CO[C@H](C)C=C2C(=O)[C@@H]2O[C@@H]21. The number of rotatable bonds is 1. The van der Waals surface area contributed by atoms with Gasteiger partial charge in [-0.2, -0.15) is 0 Å². The van der Waals surface area contributed by atoms with Gasteiger partial charge < -0.3 is 14.2 Å². The Labute approximate surface area is 87.5 Å². The monoisotopic (exact) mass is 208 g/mol. The van der Waals surface area contributed by atoms with Gasteiger partial charge in [0, 0.05) is 18.3 Å². The summed E-state index contributed by atoms with van der Waals surface area (Å²) in [6.45, 7) is 1.90. The van der Waals surface area contributed by atoms with Crippen molar-refractivity contribution < 1.29 is 19.0 Å². The molecule has 1 aliphatic carbocycles. The van der Waals surface area contributed by atoms with E-state index >= 15 is 0 Å². The zero-order valence-corrected chi connectivity index (χ0v) is 8.60. The van der Waals surface area contributed by atoms with Crippen LogP contribution in [0.25, 0.3) is 0 Å². The van der Waals surface area contributed by atoms with Crippen molar-refractivity contribution in [2.45, 2.75) is 31.3 Å². The molecule has 2 aliphatic heterocycles. The largest absolute Gasteiger partial charge is 0.494 e. The topological polar surface area (TPSA) is 48.1 Å². The Balaban J connectivity index is 2.02. The van der Waals surface area contributed by atoms with Gasteiger partial charge >= 0.3 is 0 Å². The van der Waals surface area contributed by atoms with Gasteiger partial charge in [-0.15, -0.1) is 0 Å². The van der Waals surface area contributed by atoms with Crippen molar-refractivity contribution in [1.29, 1.82) is 0 Å². The van der Waals surface area contributed by atoms with Crippen LogP contribution in [0.5, 0.6) is 0 Å². The second-order valence-electron chi connectivity index (χ2n) is 4.04. The second-order valence-corrected chi connectivity index (χ2v) is 4.04. The molecule has 0 bridgehead atoms. The molecule has 0 spiro atoms. The molecule has 15 heavy (non-hydrogen) atoms. The van der Waals surface area contributed by atoms with E-state index in [4.69, 9.17) is 14.2 Å². The summed E-state index contributed by atoms with van der Waals surface area (Å²) in [6.07, 6.45) is 2.85. The van der Waals surface area contributed by atoms with Crippen LogP contribution in [0.3, 0.4) is 0 Å². The van der Waals surface area contributed by atoms with E-state index in [1.165, 1.54) is 0 Å². The van der Waals surface area contributed by atoms with Crippen molar-refractivity contribution in [1.82, 2.24) is 0 Å². The van der Waals surface area contributed by atoms with E-state index in [-0.39, 0.29) is 30.2 Å². The highest BCUT2D eigenvalue weighted by Gasteiger charge is 2.57. The number of fused-ring (bicyclic) bond motifs is 2. The van der Waals surface area contributed by atoms with Gasteiger partial charge in [0.1, 0.15) is 24.4 Å². The lowest BCUT2D eigenvalue weighted by molar-refractivity contribution is -0.117. The smallest absolute Gasteiger partial charge is 0.194 e. The van der Waals surface area contributed by atoms with Gasteiger partial charge in [-0.05, 0) is 13.0 Å². The van der Waals surface area contributed by atoms with Crippen LogP contribution < -0.4 is 0 Å². The van der Waals surface area contributed by atoms with Crippen LogP contribution in [-0.2, 0) is 19.0 Å². The van der Waals surface area contributed by atoms with Gasteiger partial charge in [-0.25, -0.2) is 0 Å². The average Bonchev–Trinajstić information content (AvgIpc) is 3.00. The summed E-state index contributed by atoms with van der Waals surface area (Å²) in [7, 11) is 1.62. The van der Waals surface area contributed by atoms with Gasteiger partial charge in [-0.1, -0.05) is 0 Å². The molecule has 2 heterocycles. The van der Waals surface area contributed by atoms with Crippen LogP contribution in [0.15, 0.2) is 23.5 Å². The number of Topliss-reactive ketones (excluding diaryl/α,β-unsaturated/α-hetero) is 1. The molecule has 0 unspecified atom stereocenters. The first-order valence-electron chi connectivity index (χ1n) is 5.02. The molecule has 0 radical (unpaired) electrons. The highest BCUT2D eigenvalue weighted by molar-refractivity contribution is 6.06. The standard InChI is InChI=1S/C11H12O4/c1-5-3-6-7(4-14-5)9(13-2)11-10(15-11)8(6)12/h3-5,9-11H,1-2H3/t5-,9+,10+,11-/m1/s1. The third-order valence-corrected chi connectivity index (χ3v) is 3.03. The first-order chi connectivity index (χ1) is 7.22. The Hall–Kier alpha value is -1.13. The lowest BCUT2D eigenvalue weighted by atomic mass is 9.85. The first-order valence-corrected chi connectivity index (χ1v) is 5.02. The van der Waals surface area contributed by atoms with Crippen LogP contribution >= 0.6 is 0 Å². The van der Waals surface area contributed by atoms with Crippen molar-refractivity contribution in [3.05, 3.63) is 23.5 Å². The Bertz CT molecular complexity index is 382. The number of carbonyl (C=O) groups is 1. The van der Waals surface area contributed by atoms with Crippen LogP contribution in [-0.4, -0.2) is 37.3 Å².